The van der Waals surface area contributed by atoms with E-state index in [0.717, 1.165) is 38.3 Å². The average molecular weight is 235 g/mol. The number of hydrogen-bond acceptors (Lipinski definition) is 4. The standard InChI is InChI=1S/C13H21N3O/c1-14-13-12(3-2-6-15-13)9-16-7-4-11(10-17)5-8-16/h2-3,6,11,17H,4-5,7-10H2,1H3,(H,14,15). The molecule has 1 saturated heterocycles. The number of aliphatic hydroxyl groups excluding tert-OH is 1. The summed E-state index contributed by atoms with van der Waals surface area (Å²) in [6.45, 7) is 3.43. The van der Waals surface area contributed by atoms with Crippen LogP contribution < -0.4 is 5.32 Å². The first-order valence-electron chi connectivity index (χ1n) is 6.28. The van der Waals surface area contributed by atoms with Crippen molar-refractivity contribution in [1.29, 1.82) is 0 Å². The summed E-state index contributed by atoms with van der Waals surface area (Å²) in [6, 6.07) is 4.10. The van der Waals surface area contributed by atoms with Gasteiger partial charge in [0.2, 0.25) is 0 Å². The molecule has 0 atom stereocenters. The smallest absolute Gasteiger partial charge is 0.130 e. The topological polar surface area (TPSA) is 48.4 Å². The van der Waals surface area contributed by atoms with Crippen LogP contribution in [0.2, 0.25) is 0 Å². The van der Waals surface area contributed by atoms with Crippen molar-refractivity contribution in [1.82, 2.24) is 9.88 Å². The van der Waals surface area contributed by atoms with Crippen LogP contribution in [0.5, 0.6) is 0 Å². The van der Waals surface area contributed by atoms with E-state index in [1.807, 2.05) is 19.3 Å². The summed E-state index contributed by atoms with van der Waals surface area (Å²) in [5.41, 5.74) is 1.25. The lowest BCUT2D eigenvalue weighted by Crippen LogP contribution is -2.34. The van der Waals surface area contributed by atoms with Gasteiger partial charge in [-0.25, -0.2) is 4.98 Å². The van der Waals surface area contributed by atoms with Crippen molar-refractivity contribution >= 4 is 5.82 Å². The van der Waals surface area contributed by atoms with Crippen molar-refractivity contribution < 1.29 is 5.11 Å². The zero-order valence-corrected chi connectivity index (χ0v) is 10.4. The van der Waals surface area contributed by atoms with Gasteiger partial charge in [0.15, 0.2) is 0 Å². The molecule has 0 aromatic carbocycles. The van der Waals surface area contributed by atoms with Crippen LogP contribution in [0.4, 0.5) is 5.82 Å². The van der Waals surface area contributed by atoms with Gasteiger partial charge in [-0.3, -0.25) is 4.90 Å². The SMILES string of the molecule is CNc1ncccc1CN1CCC(CO)CC1. The van der Waals surface area contributed by atoms with E-state index < -0.39 is 0 Å². The van der Waals surface area contributed by atoms with Crippen molar-refractivity contribution in [2.75, 3.05) is 32.1 Å². The van der Waals surface area contributed by atoms with E-state index in [1.165, 1.54) is 5.56 Å². The number of nitrogens with zero attached hydrogens (tertiary/aromatic N) is 2. The minimum atomic E-state index is 0.336. The number of nitrogens with one attached hydrogen (secondary N) is 1. The third-order valence-electron chi connectivity index (χ3n) is 3.49. The predicted octanol–water partition coefficient (Wildman–Crippen LogP) is 1.33. The fourth-order valence-electron chi connectivity index (χ4n) is 2.36. The third-order valence-corrected chi connectivity index (χ3v) is 3.49. The Balaban J connectivity index is 1.93. The van der Waals surface area contributed by atoms with E-state index in [9.17, 15) is 0 Å². The molecule has 0 aliphatic carbocycles. The maximum atomic E-state index is 9.11. The molecular weight excluding hydrogens is 214 g/mol. The molecule has 0 amide bonds. The number of rotatable bonds is 4. The summed E-state index contributed by atoms with van der Waals surface area (Å²) >= 11 is 0. The monoisotopic (exact) mass is 235 g/mol. The van der Waals surface area contributed by atoms with Crippen LogP contribution in [-0.4, -0.2) is 41.7 Å². The molecule has 2 N–H and O–H groups in total. The molecule has 0 bridgehead atoms. The van der Waals surface area contributed by atoms with Crippen LogP contribution in [0.3, 0.4) is 0 Å². The zero-order valence-electron chi connectivity index (χ0n) is 10.4. The fourth-order valence-corrected chi connectivity index (χ4v) is 2.36. The number of aliphatic hydroxyl groups is 1. The lowest BCUT2D eigenvalue weighted by atomic mass is 9.97. The first-order chi connectivity index (χ1) is 8.33. The van der Waals surface area contributed by atoms with Gasteiger partial charge in [-0.2, -0.15) is 0 Å². The highest BCUT2D eigenvalue weighted by molar-refractivity contribution is 5.42. The Hall–Kier alpha value is -1.13. The number of aromatic nitrogens is 1. The van der Waals surface area contributed by atoms with Gasteiger partial charge >= 0.3 is 0 Å². The Morgan fingerprint density at radius 2 is 2.24 bits per heavy atom. The molecular formula is C13H21N3O. The maximum absolute atomic E-state index is 9.11. The summed E-state index contributed by atoms with van der Waals surface area (Å²) < 4.78 is 0. The van der Waals surface area contributed by atoms with E-state index in [-0.39, 0.29) is 0 Å². The summed E-state index contributed by atoms with van der Waals surface area (Å²) in [6.07, 6.45) is 4.02. The van der Waals surface area contributed by atoms with Gasteiger partial charge in [-0.05, 0) is 37.9 Å². The number of pyridine rings is 1. The molecule has 1 aromatic rings. The minimum Gasteiger partial charge on any atom is -0.396 e. The molecule has 4 nitrogen and oxygen atoms in total. The van der Waals surface area contributed by atoms with Crippen LogP contribution in [0.25, 0.3) is 0 Å². The van der Waals surface area contributed by atoms with Crippen LogP contribution in [0.15, 0.2) is 18.3 Å². The quantitative estimate of drug-likeness (QED) is 0.826. The average Bonchev–Trinajstić information content (AvgIpc) is 2.40. The number of anilines is 1. The molecule has 0 saturated carbocycles. The molecule has 94 valence electrons. The Kier molecular flexibility index (Phi) is 4.34. The van der Waals surface area contributed by atoms with E-state index in [2.05, 4.69) is 21.3 Å². The summed E-state index contributed by atoms with van der Waals surface area (Å²) in [5, 5.41) is 12.2. The largest absolute Gasteiger partial charge is 0.396 e. The highest BCUT2D eigenvalue weighted by Gasteiger charge is 2.19. The third kappa shape index (κ3) is 3.17. The first kappa shape index (κ1) is 12.3. The van der Waals surface area contributed by atoms with Crippen molar-refractivity contribution in [3.8, 4) is 0 Å². The summed E-state index contributed by atoms with van der Waals surface area (Å²) in [7, 11) is 1.91. The van der Waals surface area contributed by atoms with Crippen LogP contribution in [-0.2, 0) is 6.54 Å². The summed E-state index contributed by atoms with van der Waals surface area (Å²) in [5.74, 6) is 1.47. The summed E-state index contributed by atoms with van der Waals surface area (Å²) in [4.78, 5) is 6.75. The van der Waals surface area contributed by atoms with Crippen LogP contribution in [0, 0.1) is 5.92 Å². The van der Waals surface area contributed by atoms with Crippen molar-refractivity contribution in [3.05, 3.63) is 23.9 Å². The van der Waals surface area contributed by atoms with E-state index in [1.54, 1.807) is 0 Å². The number of piperidine rings is 1. The molecule has 2 rings (SSSR count). The molecule has 1 aliphatic rings. The number of likely N-dealkylation sites (tertiary alicyclic amines) is 1. The minimum absolute atomic E-state index is 0.336. The molecule has 17 heavy (non-hydrogen) atoms. The Morgan fingerprint density at radius 3 is 2.88 bits per heavy atom. The van der Waals surface area contributed by atoms with Gasteiger partial charge in [0, 0.05) is 32.0 Å². The van der Waals surface area contributed by atoms with Crippen molar-refractivity contribution in [2.45, 2.75) is 19.4 Å². The number of hydrogen-bond donors (Lipinski definition) is 2. The zero-order chi connectivity index (χ0) is 12.1. The van der Waals surface area contributed by atoms with Gasteiger partial charge < -0.3 is 10.4 Å². The molecule has 4 heteroatoms. The normalized spacial score (nSPS) is 18.2. The van der Waals surface area contributed by atoms with Crippen molar-refractivity contribution in [3.63, 3.8) is 0 Å². The van der Waals surface area contributed by atoms with E-state index in [0.29, 0.717) is 12.5 Å². The second kappa shape index (κ2) is 5.98. The highest BCUT2D eigenvalue weighted by Crippen LogP contribution is 2.20. The lowest BCUT2D eigenvalue weighted by molar-refractivity contribution is 0.127. The highest BCUT2D eigenvalue weighted by atomic mass is 16.3. The van der Waals surface area contributed by atoms with Crippen molar-refractivity contribution in [2.24, 2.45) is 5.92 Å². The second-order valence-electron chi connectivity index (χ2n) is 4.66. The van der Waals surface area contributed by atoms with Gasteiger partial charge in [0.1, 0.15) is 5.82 Å². The van der Waals surface area contributed by atoms with Gasteiger partial charge in [-0.15, -0.1) is 0 Å². The Morgan fingerprint density at radius 1 is 1.47 bits per heavy atom. The van der Waals surface area contributed by atoms with Crippen LogP contribution in [0.1, 0.15) is 18.4 Å². The molecule has 1 fully saturated rings. The molecule has 0 spiro atoms. The van der Waals surface area contributed by atoms with Crippen LogP contribution >= 0.6 is 0 Å². The molecule has 1 aromatic heterocycles. The maximum Gasteiger partial charge on any atom is 0.130 e. The Labute approximate surface area is 103 Å². The van der Waals surface area contributed by atoms with Gasteiger partial charge in [-0.1, -0.05) is 6.07 Å². The molecule has 1 aliphatic heterocycles. The van der Waals surface area contributed by atoms with E-state index >= 15 is 0 Å². The molecule has 0 unspecified atom stereocenters. The predicted molar refractivity (Wildman–Crippen MR) is 68.9 cm³/mol. The Bertz CT molecular complexity index is 348. The van der Waals surface area contributed by atoms with E-state index in [4.69, 9.17) is 5.11 Å². The van der Waals surface area contributed by atoms with Gasteiger partial charge in [0.25, 0.3) is 0 Å². The fraction of sp³-hybridized carbons (Fsp3) is 0.615. The van der Waals surface area contributed by atoms with Gasteiger partial charge in [0.05, 0.1) is 0 Å². The molecule has 2 heterocycles. The lowest BCUT2D eigenvalue weighted by Gasteiger charge is -2.31. The second-order valence-corrected chi connectivity index (χ2v) is 4.66. The first-order valence-corrected chi connectivity index (χ1v) is 6.28. The molecule has 0 radical (unpaired) electrons.